The van der Waals surface area contributed by atoms with Gasteiger partial charge in [0, 0.05) is 18.5 Å². The van der Waals surface area contributed by atoms with Crippen LogP contribution in [0, 0.1) is 5.92 Å². The Labute approximate surface area is 127 Å². The number of carbonyl (C=O) groups is 1. The molecule has 5 heteroatoms. The van der Waals surface area contributed by atoms with Crippen molar-refractivity contribution >= 4 is 11.6 Å². The molecule has 0 aliphatic heterocycles. The summed E-state index contributed by atoms with van der Waals surface area (Å²) in [6, 6.07) is 0.324. The molecule has 21 heavy (non-hydrogen) atoms. The highest BCUT2D eigenvalue weighted by molar-refractivity contribution is 5.97. The second-order valence-electron chi connectivity index (χ2n) is 6.04. The zero-order valence-electron chi connectivity index (χ0n) is 13.4. The third-order valence-electron chi connectivity index (χ3n) is 3.80. The van der Waals surface area contributed by atoms with Crippen LogP contribution in [-0.4, -0.2) is 28.5 Å². The van der Waals surface area contributed by atoms with E-state index in [1.807, 2.05) is 20.8 Å². The van der Waals surface area contributed by atoms with Crippen LogP contribution < -0.4 is 10.6 Å². The second kappa shape index (κ2) is 6.87. The van der Waals surface area contributed by atoms with Gasteiger partial charge in [-0.3, -0.25) is 4.79 Å². The average molecular weight is 290 g/mol. The maximum absolute atomic E-state index is 12.5. The SMILES string of the molecule is CCCC1CC1NC(=O)c1nc(C(C)C)ncc1NCC. The van der Waals surface area contributed by atoms with Gasteiger partial charge in [-0.15, -0.1) is 0 Å². The van der Waals surface area contributed by atoms with Gasteiger partial charge >= 0.3 is 0 Å². The van der Waals surface area contributed by atoms with Crippen molar-refractivity contribution in [3.05, 3.63) is 17.7 Å². The van der Waals surface area contributed by atoms with E-state index >= 15 is 0 Å². The summed E-state index contributed by atoms with van der Waals surface area (Å²) in [5.41, 5.74) is 1.18. The molecule has 2 N–H and O–H groups in total. The molecule has 0 bridgehead atoms. The van der Waals surface area contributed by atoms with Crippen LogP contribution in [0.2, 0.25) is 0 Å². The van der Waals surface area contributed by atoms with Gasteiger partial charge in [0.15, 0.2) is 5.69 Å². The van der Waals surface area contributed by atoms with Crippen LogP contribution in [-0.2, 0) is 0 Å². The third-order valence-corrected chi connectivity index (χ3v) is 3.80. The molecule has 1 aromatic heterocycles. The quantitative estimate of drug-likeness (QED) is 0.810. The number of carbonyl (C=O) groups excluding carboxylic acids is 1. The molecular formula is C16H26N4O. The fourth-order valence-electron chi connectivity index (χ4n) is 2.52. The van der Waals surface area contributed by atoms with Crippen molar-refractivity contribution in [3.63, 3.8) is 0 Å². The van der Waals surface area contributed by atoms with Crippen molar-refractivity contribution in [2.24, 2.45) is 5.92 Å². The minimum Gasteiger partial charge on any atom is -0.382 e. The van der Waals surface area contributed by atoms with Crippen LogP contribution in [0.3, 0.4) is 0 Å². The van der Waals surface area contributed by atoms with Gasteiger partial charge in [0.2, 0.25) is 0 Å². The summed E-state index contributed by atoms with van der Waals surface area (Å²) in [5, 5.41) is 6.27. The molecule has 116 valence electrons. The minimum atomic E-state index is -0.0844. The Hall–Kier alpha value is -1.65. The third kappa shape index (κ3) is 3.93. The first-order valence-electron chi connectivity index (χ1n) is 7.98. The fourth-order valence-corrected chi connectivity index (χ4v) is 2.52. The zero-order valence-corrected chi connectivity index (χ0v) is 13.4. The predicted octanol–water partition coefficient (Wildman–Crippen LogP) is 2.95. The lowest BCUT2D eigenvalue weighted by Crippen LogP contribution is -2.29. The van der Waals surface area contributed by atoms with Crippen LogP contribution in [0.4, 0.5) is 5.69 Å². The standard InChI is InChI=1S/C16H26N4O/c1-5-7-11-8-12(11)19-16(21)14-13(17-6-2)9-18-15(20-14)10(3)4/h9-12,17H,5-8H2,1-4H3,(H,19,21). The molecule has 0 aromatic carbocycles. The Bertz CT molecular complexity index is 501. The number of nitrogens with one attached hydrogen (secondary N) is 2. The molecule has 0 radical (unpaired) electrons. The molecule has 2 atom stereocenters. The lowest BCUT2D eigenvalue weighted by Gasteiger charge is -2.12. The first kappa shape index (κ1) is 15.7. The van der Waals surface area contributed by atoms with E-state index in [1.165, 1.54) is 12.8 Å². The van der Waals surface area contributed by atoms with Crippen LogP contribution in [0.1, 0.15) is 69.2 Å². The highest BCUT2D eigenvalue weighted by Gasteiger charge is 2.37. The van der Waals surface area contributed by atoms with Crippen molar-refractivity contribution < 1.29 is 4.79 Å². The topological polar surface area (TPSA) is 66.9 Å². The van der Waals surface area contributed by atoms with E-state index in [1.54, 1.807) is 6.20 Å². The summed E-state index contributed by atoms with van der Waals surface area (Å²) >= 11 is 0. The molecule has 0 saturated heterocycles. The first-order valence-corrected chi connectivity index (χ1v) is 7.98. The number of anilines is 1. The molecular weight excluding hydrogens is 264 g/mol. The average Bonchev–Trinajstić information content (AvgIpc) is 3.17. The summed E-state index contributed by atoms with van der Waals surface area (Å²) < 4.78 is 0. The van der Waals surface area contributed by atoms with E-state index in [2.05, 4.69) is 27.5 Å². The normalized spacial score (nSPS) is 20.4. The molecule has 1 amide bonds. The van der Waals surface area contributed by atoms with Gasteiger partial charge in [-0.2, -0.15) is 0 Å². The summed E-state index contributed by atoms with van der Waals surface area (Å²) in [5.74, 6) is 1.48. The van der Waals surface area contributed by atoms with E-state index in [4.69, 9.17) is 0 Å². The molecule has 2 rings (SSSR count). The number of hydrogen-bond acceptors (Lipinski definition) is 4. The van der Waals surface area contributed by atoms with Gasteiger partial charge in [-0.1, -0.05) is 27.2 Å². The molecule has 1 aliphatic carbocycles. The molecule has 1 aliphatic rings. The highest BCUT2D eigenvalue weighted by Crippen LogP contribution is 2.34. The van der Waals surface area contributed by atoms with E-state index in [0.717, 1.165) is 13.0 Å². The van der Waals surface area contributed by atoms with E-state index in [-0.39, 0.29) is 11.8 Å². The molecule has 1 aromatic rings. The lowest BCUT2D eigenvalue weighted by molar-refractivity contribution is 0.0944. The summed E-state index contributed by atoms with van der Waals surface area (Å²) in [6.07, 6.45) is 5.17. The van der Waals surface area contributed by atoms with Gasteiger partial charge in [-0.05, 0) is 25.7 Å². The molecule has 0 spiro atoms. The number of nitrogens with zero attached hydrogens (tertiary/aromatic N) is 2. The second-order valence-corrected chi connectivity index (χ2v) is 6.04. The summed E-state index contributed by atoms with van der Waals surface area (Å²) in [4.78, 5) is 21.3. The van der Waals surface area contributed by atoms with Crippen molar-refractivity contribution in [2.45, 2.75) is 58.9 Å². The fraction of sp³-hybridized carbons (Fsp3) is 0.688. The van der Waals surface area contributed by atoms with Gasteiger partial charge in [0.25, 0.3) is 5.91 Å². The minimum absolute atomic E-state index is 0.0844. The van der Waals surface area contributed by atoms with Crippen LogP contribution in [0.25, 0.3) is 0 Å². The molecule has 1 heterocycles. The lowest BCUT2D eigenvalue weighted by atomic mass is 10.2. The Morgan fingerprint density at radius 3 is 2.81 bits per heavy atom. The molecule has 2 unspecified atom stereocenters. The van der Waals surface area contributed by atoms with Gasteiger partial charge < -0.3 is 10.6 Å². The summed E-state index contributed by atoms with van der Waals surface area (Å²) in [6.45, 7) is 8.98. The van der Waals surface area contributed by atoms with Crippen molar-refractivity contribution in [1.82, 2.24) is 15.3 Å². The van der Waals surface area contributed by atoms with Crippen LogP contribution in [0.15, 0.2) is 6.20 Å². The Kier molecular flexibility index (Phi) is 5.15. The highest BCUT2D eigenvalue weighted by atomic mass is 16.2. The zero-order chi connectivity index (χ0) is 15.4. The Balaban J connectivity index is 2.12. The largest absolute Gasteiger partial charge is 0.382 e. The van der Waals surface area contributed by atoms with Gasteiger partial charge in [0.05, 0.1) is 11.9 Å². The van der Waals surface area contributed by atoms with Crippen molar-refractivity contribution in [1.29, 1.82) is 0 Å². The Morgan fingerprint density at radius 1 is 1.43 bits per heavy atom. The van der Waals surface area contributed by atoms with Gasteiger partial charge in [0.1, 0.15) is 5.82 Å². The number of aromatic nitrogens is 2. The van der Waals surface area contributed by atoms with Crippen molar-refractivity contribution in [3.8, 4) is 0 Å². The number of rotatable bonds is 7. The Morgan fingerprint density at radius 2 is 2.19 bits per heavy atom. The molecule has 1 fully saturated rings. The monoisotopic (exact) mass is 290 g/mol. The maximum Gasteiger partial charge on any atom is 0.272 e. The van der Waals surface area contributed by atoms with Crippen molar-refractivity contribution in [2.75, 3.05) is 11.9 Å². The maximum atomic E-state index is 12.5. The van der Waals surface area contributed by atoms with E-state index in [0.29, 0.717) is 29.2 Å². The predicted molar refractivity (Wildman–Crippen MR) is 84.6 cm³/mol. The van der Waals surface area contributed by atoms with Gasteiger partial charge in [-0.25, -0.2) is 9.97 Å². The number of hydrogen-bond donors (Lipinski definition) is 2. The first-order chi connectivity index (χ1) is 10.1. The van der Waals surface area contributed by atoms with E-state index < -0.39 is 0 Å². The van der Waals surface area contributed by atoms with E-state index in [9.17, 15) is 4.79 Å². The molecule has 1 saturated carbocycles. The van der Waals surface area contributed by atoms with Crippen LogP contribution >= 0.6 is 0 Å². The molecule has 5 nitrogen and oxygen atoms in total. The number of amides is 1. The van der Waals surface area contributed by atoms with Crippen LogP contribution in [0.5, 0.6) is 0 Å². The summed E-state index contributed by atoms with van der Waals surface area (Å²) in [7, 11) is 0. The smallest absolute Gasteiger partial charge is 0.272 e.